The van der Waals surface area contributed by atoms with E-state index >= 15 is 0 Å². The fourth-order valence-corrected chi connectivity index (χ4v) is 2.87. The Morgan fingerprint density at radius 3 is 2.58 bits per heavy atom. The molecule has 1 fully saturated rings. The lowest BCUT2D eigenvalue weighted by atomic mass is 9.93. The molecule has 1 aliphatic rings. The van der Waals surface area contributed by atoms with E-state index in [2.05, 4.69) is 46.8 Å². The number of hydrogen-bond donors (Lipinski definition) is 0. The molecular weight excluding hydrogens is 236 g/mol. The Hall–Kier alpha value is -1.02. The second kappa shape index (κ2) is 5.96. The Kier molecular flexibility index (Phi) is 4.51. The number of rotatable bonds is 6. The average molecular weight is 262 g/mol. The van der Waals surface area contributed by atoms with Crippen molar-refractivity contribution < 1.29 is 9.47 Å². The summed E-state index contributed by atoms with van der Waals surface area (Å²) in [4.78, 5) is 0. The van der Waals surface area contributed by atoms with Crippen LogP contribution in [0.4, 0.5) is 0 Å². The zero-order valence-corrected chi connectivity index (χ0v) is 12.8. The van der Waals surface area contributed by atoms with Crippen molar-refractivity contribution >= 4 is 0 Å². The van der Waals surface area contributed by atoms with E-state index < -0.39 is 0 Å². The molecule has 3 unspecified atom stereocenters. The Balaban J connectivity index is 2.16. The number of epoxide rings is 1. The molecule has 0 aromatic heterocycles. The molecule has 0 saturated carbocycles. The molecule has 1 aliphatic heterocycles. The van der Waals surface area contributed by atoms with Crippen molar-refractivity contribution in [2.24, 2.45) is 5.92 Å². The largest absolute Gasteiger partial charge is 0.493 e. The van der Waals surface area contributed by atoms with Crippen molar-refractivity contribution in [3.8, 4) is 5.75 Å². The van der Waals surface area contributed by atoms with Gasteiger partial charge in [0.05, 0.1) is 18.8 Å². The number of ether oxygens (including phenoxy) is 2. The maximum Gasteiger partial charge on any atom is 0.125 e. The van der Waals surface area contributed by atoms with Gasteiger partial charge >= 0.3 is 0 Å². The molecule has 0 aliphatic carbocycles. The highest BCUT2D eigenvalue weighted by atomic mass is 16.6. The Labute approximate surface area is 117 Å². The Morgan fingerprint density at radius 2 is 2.00 bits per heavy atom. The Bertz CT molecular complexity index is 439. The van der Waals surface area contributed by atoms with Crippen LogP contribution in [0.25, 0.3) is 0 Å². The molecule has 2 heteroatoms. The van der Waals surface area contributed by atoms with Gasteiger partial charge in [0.25, 0.3) is 0 Å². The average Bonchev–Trinajstić information content (AvgIpc) is 3.05. The van der Waals surface area contributed by atoms with Crippen LogP contribution in [-0.2, 0) is 11.2 Å². The first kappa shape index (κ1) is 14.4. The molecule has 1 aromatic rings. The molecule has 106 valence electrons. The lowest BCUT2D eigenvalue weighted by Crippen LogP contribution is -2.11. The minimum absolute atomic E-state index is 0.430. The van der Waals surface area contributed by atoms with Gasteiger partial charge in [0.2, 0.25) is 0 Å². The first-order valence-electron chi connectivity index (χ1n) is 7.41. The van der Waals surface area contributed by atoms with Gasteiger partial charge in [-0.25, -0.2) is 0 Å². The third kappa shape index (κ3) is 3.50. The van der Waals surface area contributed by atoms with E-state index in [0.29, 0.717) is 18.1 Å². The normalized spacial score (nSPS) is 23.2. The Morgan fingerprint density at radius 1 is 1.32 bits per heavy atom. The molecule has 2 nitrogen and oxygen atoms in total. The predicted octanol–water partition coefficient (Wildman–Crippen LogP) is 4.06. The third-order valence-corrected chi connectivity index (χ3v) is 3.81. The van der Waals surface area contributed by atoms with Crippen LogP contribution >= 0.6 is 0 Å². The molecule has 1 heterocycles. The summed E-state index contributed by atoms with van der Waals surface area (Å²) in [5, 5.41) is 0. The predicted molar refractivity (Wildman–Crippen MR) is 78.9 cm³/mol. The van der Waals surface area contributed by atoms with E-state index in [9.17, 15) is 0 Å². The quantitative estimate of drug-likeness (QED) is 0.721. The van der Waals surface area contributed by atoms with Crippen LogP contribution < -0.4 is 4.74 Å². The molecule has 1 aromatic carbocycles. The summed E-state index contributed by atoms with van der Waals surface area (Å²) >= 11 is 0. The molecule has 0 N–H and O–H groups in total. The highest BCUT2D eigenvalue weighted by molar-refractivity contribution is 5.44. The van der Waals surface area contributed by atoms with E-state index in [4.69, 9.17) is 9.47 Å². The lowest BCUT2D eigenvalue weighted by Gasteiger charge is -2.17. The van der Waals surface area contributed by atoms with Crippen LogP contribution in [0.5, 0.6) is 5.75 Å². The maximum absolute atomic E-state index is 5.96. The van der Waals surface area contributed by atoms with E-state index in [1.807, 2.05) is 0 Å². The molecule has 0 radical (unpaired) electrons. The summed E-state index contributed by atoms with van der Waals surface area (Å²) in [6, 6.07) is 4.47. The third-order valence-electron chi connectivity index (χ3n) is 3.81. The van der Waals surface area contributed by atoms with E-state index in [1.54, 1.807) is 0 Å². The first-order valence-corrected chi connectivity index (χ1v) is 7.41. The van der Waals surface area contributed by atoms with Crippen molar-refractivity contribution in [2.75, 3.05) is 6.61 Å². The molecule has 0 spiro atoms. The van der Waals surface area contributed by atoms with Gasteiger partial charge in [-0.05, 0) is 50.7 Å². The molecule has 0 bridgehead atoms. The van der Waals surface area contributed by atoms with Crippen molar-refractivity contribution in [3.63, 3.8) is 0 Å². The second-order valence-electron chi connectivity index (χ2n) is 5.91. The summed E-state index contributed by atoms with van der Waals surface area (Å²) in [6.45, 7) is 11.7. The van der Waals surface area contributed by atoms with Crippen LogP contribution in [0, 0.1) is 19.8 Å². The topological polar surface area (TPSA) is 21.8 Å². The minimum Gasteiger partial charge on any atom is -0.493 e. The molecule has 19 heavy (non-hydrogen) atoms. The van der Waals surface area contributed by atoms with Crippen LogP contribution in [0.2, 0.25) is 0 Å². The van der Waals surface area contributed by atoms with Gasteiger partial charge in [0.1, 0.15) is 5.75 Å². The second-order valence-corrected chi connectivity index (χ2v) is 5.91. The fourth-order valence-electron chi connectivity index (χ4n) is 2.87. The van der Waals surface area contributed by atoms with Crippen LogP contribution in [0.3, 0.4) is 0 Å². The van der Waals surface area contributed by atoms with Crippen LogP contribution in [-0.4, -0.2) is 18.8 Å². The summed E-state index contributed by atoms with van der Waals surface area (Å²) in [5.74, 6) is 1.65. The van der Waals surface area contributed by atoms with Gasteiger partial charge in [0, 0.05) is 0 Å². The summed E-state index contributed by atoms with van der Waals surface area (Å²) in [6.07, 6.45) is 2.95. The standard InChI is InChI=1S/C17H26O2/c1-6-7-18-17-12(3)8-11(2)9-15(17)10-13(4)16-14(5)19-16/h8-9,13-14,16H,6-7,10H2,1-5H3. The van der Waals surface area contributed by atoms with Gasteiger partial charge in [-0.1, -0.05) is 31.5 Å². The highest BCUT2D eigenvalue weighted by Gasteiger charge is 2.39. The maximum atomic E-state index is 5.96. The van der Waals surface area contributed by atoms with Crippen molar-refractivity contribution in [2.45, 2.75) is 59.7 Å². The lowest BCUT2D eigenvalue weighted by molar-refractivity contribution is 0.303. The van der Waals surface area contributed by atoms with Crippen LogP contribution in [0.1, 0.15) is 43.9 Å². The number of aryl methyl sites for hydroxylation is 2. The van der Waals surface area contributed by atoms with E-state index in [0.717, 1.165) is 25.2 Å². The van der Waals surface area contributed by atoms with E-state index in [-0.39, 0.29) is 0 Å². The number of benzene rings is 1. The van der Waals surface area contributed by atoms with Crippen molar-refractivity contribution in [1.82, 2.24) is 0 Å². The smallest absolute Gasteiger partial charge is 0.125 e. The summed E-state index contributed by atoms with van der Waals surface area (Å²) < 4.78 is 11.6. The number of hydrogen-bond acceptors (Lipinski definition) is 2. The van der Waals surface area contributed by atoms with E-state index in [1.165, 1.54) is 16.7 Å². The van der Waals surface area contributed by atoms with Crippen molar-refractivity contribution in [3.05, 3.63) is 28.8 Å². The van der Waals surface area contributed by atoms with Crippen molar-refractivity contribution in [1.29, 1.82) is 0 Å². The molecule has 0 amide bonds. The van der Waals surface area contributed by atoms with Gasteiger partial charge in [-0.2, -0.15) is 0 Å². The SMILES string of the molecule is CCCOc1c(C)cc(C)cc1CC(C)C1OC1C. The molecule has 1 saturated heterocycles. The van der Waals surface area contributed by atoms with Gasteiger partial charge in [0.15, 0.2) is 0 Å². The zero-order chi connectivity index (χ0) is 14.0. The zero-order valence-electron chi connectivity index (χ0n) is 12.8. The summed E-state index contributed by atoms with van der Waals surface area (Å²) in [7, 11) is 0. The summed E-state index contributed by atoms with van der Waals surface area (Å²) in [5.41, 5.74) is 3.90. The van der Waals surface area contributed by atoms with Crippen LogP contribution in [0.15, 0.2) is 12.1 Å². The fraction of sp³-hybridized carbons (Fsp3) is 0.647. The van der Waals surface area contributed by atoms with Gasteiger partial charge in [-0.3, -0.25) is 0 Å². The van der Waals surface area contributed by atoms with Gasteiger partial charge < -0.3 is 9.47 Å². The highest BCUT2D eigenvalue weighted by Crippen LogP contribution is 2.34. The monoisotopic (exact) mass is 262 g/mol. The molecule has 2 rings (SSSR count). The first-order chi connectivity index (χ1) is 9.02. The molecule has 3 atom stereocenters. The minimum atomic E-state index is 0.430. The van der Waals surface area contributed by atoms with Gasteiger partial charge in [-0.15, -0.1) is 0 Å². The molecular formula is C17H26O2.